The van der Waals surface area contributed by atoms with Crippen molar-refractivity contribution in [1.82, 2.24) is 9.55 Å². The molecular weight excluding hydrogens is 475 g/mol. The number of benzene rings is 2. The Hall–Kier alpha value is -2.81. The van der Waals surface area contributed by atoms with Crippen LogP contribution < -0.4 is 21.6 Å². The maximum absolute atomic E-state index is 14.3. The van der Waals surface area contributed by atoms with Crippen LogP contribution in [0, 0.1) is 16.6 Å². The average molecular weight is 511 g/mol. The van der Waals surface area contributed by atoms with Gasteiger partial charge in [-0.1, -0.05) is 91.8 Å². The fraction of sp³-hybridized carbons (Fsp3) is 0.429. The summed E-state index contributed by atoms with van der Waals surface area (Å²) < 4.78 is 28.1. The Morgan fingerprint density at radius 2 is 1.47 bits per heavy atom. The number of aromatic nitrogens is 2. The van der Waals surface area contributed by atoms with E-state index >= 15 is 0 Å². The van der Waals surface area contributed by atoms with Gasteiger partial charge in [0.05, 0.1) is 19.4 Å². The van der Waals surface area contributed by atoms with E-state index in [9.17, 15) is 14.0 Å². The third kappa shape index (κ3) is 5.45. The normalized spacial score (nSPS) is 18.2. The summed E-state index contributed by atoms with van der Waals surface area (Å²) in [5.41, 5.74) is -2.51. The molecule has 0 radical (unpaired) electrons. The predicted molar refractivity (Wildman–Crippen MR) is 142 cm³/mol. The van der Waals surface area contributed by atoms with Gasteiger partial charge in [0.15, 0.2) is 5.79 Å². The van der Waals surface area contributed by atoms with E-state index in [-0.39, 0.29) is 17.5 Å². The molecule has 1 unspecified atom stereocenters. The van der Waals surface area contributed by atoms with Crippen molar-refractivity contribution in [3.05, 3.63) is 93.5 Å². The highest BCUT2D eigenvalue weighted by atomic mass is 28.3. The number of H-pyrrole nitrogens is 1. The molecule has 1 atom stereocenters. The van der Waals surface area contributed by atoms with Crippen LogP contribution in [0.25, 0.3) is 0 Å². The van der Waals surface area contributed by atoms with Gasteiger partial charge in [0, 0.05) is 12.0 Å². The third-order valence-electron chi connectivity index (χ3n) is 7.11. The van der Waals surface area contributed by atoms with E-state index < -0.39 is 37.1 Å². The summed E-state index contributed by atoms with van der Waals surface area (Å²) in [4.78, 5) is 26.6. The average Bonchev–Trinajstić information content (AvgIpc) is 2.83. The number of hydrogen-bond acceptors (Lipinski definition) is 4. The van der Waals surface area contributed by atoms with Crippen LogP contribution in [-0.4, -0.2) is 37.3 Å². The first-order valence-corrected chi connectivity index (χ1v) is 14.1. The van der Waals surface area contributed by atoms with Gasteiger partial charge < -0.3 is 9.47 Å². The molecule has 1 saturated heterocycles. The summed E-state index contributed by atoms with van der Waals surface area (Å²) >= 11 is 0. The maximum atomic E-state index is 14.3. The number of nitrogens with zero attached hydrogens (tertiary/aromatic N) is 1. The standard InChI is InChI=1S/C28H35FN2O4Si/c1-26(2,3)24(36(20-12-8-6-9-13-20)21-14-10-7-11-15-21)28(18-34-27(4,5)35-19-28)17-31-16-22(29)23(32)30-25(31)33/h6-16,24,36H,17-19H2,1-5H3,(H,30,32,33). The van der Waals surface area contributed by atoms with Gasteiger partial charge in [-0.05, 0) is 24.8 Å². The van der Waals surface area contributed by atoms with Crippen LogP contribution in [-0.2, 0) is 16.0 Å². The van der Waals surface area contributed by atoms with Crippen molar-refractivity contribution in [2.24, 2.45) is 10.8 Å². The highest BCUT2D eigenvalue weighted by molar-refractivity contribution is 6.86. The van der Waals surface area contributed by atoms with Gasteiger partial charge in [-0.25, -0.2) is 4.79 Å². The molecule has 1 aliphatic rings. The lowest BCUT2D eigenvalue weighted by atomic mass is 9.73. The summed E-state index contributed by atoms with van der Waals surface area (Å²) in [5, 5.41) is 2.54. The lowest BCUT2D eigenvalue weighted by molar-refractivity contribution is -0.291. The van der Waals surface area contributed by atoms with Crippen molar-refractivity contribution in [3.63, 3.8) is 0 Å². The van der Waals surface area contributed by atoms with Crippen molar-refractivity contribution < 1.29 is 13.9 Å². The fourth-order valence-corrected chi connectivity index (χ4v) is 10.1. The molecule has 1 aromatic heterocycles. The Kier molecular flexibility index (Phi) is 7.23. The van der Waals surface area contributed by atoms with Gasteiger partial charge in [-0.15, -0.1) is 0 Å². The lowest BCUT2D eigenvalue weighted by Gasteiger charge is -2.54. The molecule has 4 rings (SSSR count). The summed E-state index contributed by atoms with van der Waals surface area (Å²) in [6, 6.07) is 21.0. The molecule has 36 heavy (non-hydrogen) atoms. The van der Waals surface area contributed by atoms with Crippen molar-refractivity contribution in [1.29, 1.82) is 0 Å². The molecule has 0 amide bonds. The quantitative estimate of drug-likeness (QED) is 0.518. The highest BCUT2D eigenvalue weighted by Crippen LogP contribution is 2.51. The summed E-state index contributed by atoms with van der Waals surface area (Å²) in [6.45, 7) is 11.2. The predicted octanol–water partition coefficient (Wildman–Crippen LogP) is 2.90. The zero-order chi connectivity index (χ0) is 26.1. The summed E-state index contributed by atoms with van der Waals surface area (Å²) in [6.07, 6.45) is 1.00. The third-order valence-corrected chi connectivity index (χ3v) is 11.7. The number of ether oxygens (including phenoxy) is 2. The first kappa shape index (κ1) is 26.3. The van der Waals surface area contributed by atoms with Gasteiger partial charge in [0.1, 0.15) is 8.80 Å². The fourth-order valence-electron chi connectivity index (χ4n) is 5.70. The van der Waals surface area contributed by atoms with Crippen LogP contribution in [0.1, 0.15) is 34.6 Å². The minimum atomic E-state index is -1.99. The molecule has 6 nitrogen and oxygen atoms in total. The molecule has 192 valence electrons. The van der Waals surface area contributed by atoms with Crippen molar-refractivity contribution in [3.8, 4) is 0 Å². The van der Waals surface area contributed by atoms with Gasteiger partial charge in [0.25, 0.3) is 5.56 Å². The monoisotopic (exact) mass is 510 g/mol. The van der Waals surface area contributed by atoms with Gasteiger partial charge in [-0.2, -0.15) is 4.39 Å². The summed E-state index contributed by atoms with van der Waals surface area (Å²) in [7, 11) is -1.99. The van der Waals surface area contributed by atoms with Crippen molar-refractivity contribution in [2.45, 2.75) is 52.5 Å². The van der Waals surface area contributed by atoms with Gasteiger partial charge >= 0.3 is 5.69 Å². The largest absolute Gasteiger partial charge is 0.350 e. The molecule has 2 heterocycles. The van der Waals surface area contributed by atoms with E-state index in [0.717, 1.165) is 6.20 Å². The molecule has 0 spiro atoms. The topological polar surface area (TPSA) is 73.3 Å². The minimum Gasteiger partial charge on any atom is -0.350 e. The first-order chi connectivity index (χ1) is 16.9. The molecule has 0 saturated carbocycles. The molecule has 8 heteroatoms. The number of hydrogen-bond donors (Lipinski definition) is 1. The Morgan fingerprint density at radius 1 is 0.972 bits per heavy atom. The molecule has 2 aromatic carbocycles. The van der Waals surface area contributed by atoms with E-state index in [0.29, 0.717) is 13.2 Å². The SMILES string of the molecule is CC1(C)OCC(Cn2cc(F)c(=O)[nH]c2=O)(C([SiH](c2ccccc2)c2ccccc2)C(C)(C)C)CO1. The maximum Gasteiger partial charge on any atom is 0.328 e. The van der Waals surface area contributed by atoms with E-state index in [1.807, 2.05) is 26.0 Å². The van der Waals surface area contributed by atoms with E-state index in [4.69, 9.17) is 9.47 Å². The van der Waals surface area contributed by atoms with Gasteiger partial charge in [-0.3, -0.25) is 14.3 Å². The molecular formula is C28H35FN2O4Si. The summed E-state index contributed by atoms with van der Waals surface area (Å²) in [5.74, 6) is -1.76. The Bertz CT molecular complexity index is 1250. The lowest BCUT2D eigenvalue weighted by Crippen LogP contribution is -2.62. The Morgan fingerprint density at radius 3 is 1.94 bits per heavy atom. The number of halogens is 1. The second-order valence-corrected chi connectivity index (χ2v) is 14.3. The van der Waals surface area contributed by atoms with E-state index in [1.54, 1.807) is 0 Å². The molecule has 0 aliphatic carbocycles. The molecule has 0 bridgehead atoms. The zero-order valence-corrected chi connectivity index (χ0v) is 22.7. The molecule has 1 N–H and O–H groups in total. The van der Waals surface area contributed by atoms with Crippen molar-refractivity contribution in [2.75, 3.05) is 13.2 Å². The van der Waals surface area contributed by atoms with E-state index in [2.05, 4.69) is 74.3 Å². The molecule has 1 fully saturated rings. The minimum absolute atomic E-state index is 0.0350. The van der Waals surface area contributed by atoms with Gasteiger partial charge in [0.2, 0.25) is 5.82 Å². The van der Waals surface area contributed by atoms with Crippen LogP contribution in [0.5, 0.6) is 0 Å². The zero-order valence-electron chi connectivity index (χ0n) is 21.6. The Balaban J connectivity index is 1.94. The van der Waals surface area contributed by atoms with E-state index in [1.165, 1.54) is 14.9 Å². The van der Waals surface area contributed by atoms with Crippen LogP contribution in [0.4, 0.5) is 4.39 Å². The second kappa shape index (κ2) is 9.92. The van der Waals surface area contributed by atoms with Crippen LogP contribution in [0.2, 0.25) is 5.54 Å². The van der Waals surface area contributed by atoms with Crippen LogP contribution in [0.15, 0.2) is 76.4 Å². The van der Waals surface area contributed by atoms with Crippen LogP contribution in [0.3, 0.4) is 0 Å². The number of nitrogens with one attached hydrogen (secondary N) is 1. The first-order valence-electron chi connectivity index (χ1n) is 12.3. The second-order valence-electron chi connectivity index (χ2n) is 11.3. The smallest absolute Gasteiger partial charge is 0.328 e. The Labute approximate surface area is 212 Å². The molecule has 3 aromatic rings. The number of aromatic amines is 1. The van der Waals surface area contributed by atoms with Crippen LogP contribution >= 0.6 is 0 Å². The number of rotatable bonds is 6. The molecule has 1 aliphatic heterocycles. The highest BCUT2D eigenvalue weighted by Gasteiger charge is 2.54. The van der Waals surface area contributed by atoms with Crippen molar-refractivity contribution >= 4 is 19.2 Å².